The van der Waals surface area contributed by atoms with Crippen molar-refractivity contribution < 1.29 is 19.1 Å². The van der Waals surface area contributed by atoms with Crippen molar-refractivity contribution in [2.24, 2.45) is 0 Å². The van der Waals surface area contributed by atoms with E-state index in [4.69, 9.17) is 4.74 Å². The highest BCUT2D eigenvalue weighted by Crippen LogP contribution is 2.24. The lowest BCUT2D eigenvalue weighted by atomic mass is 9.99. The van der Waals surface area contributed by atoms with Gasteiger partial charge in [0.15, 0.2) is 0 Å². The zero-order chi connectivity index (χ0) is 28.1. The number of ether oxygens (including phenoxy) is 1. The van der Waals surface area contributed by atoms with Crippen LogP contribution in [0.3, 0.4) is 0 Å². The molecule has 0 radical (unpaired) electrons. The van der Waals surface area contributed by atoms with Crippen molar-refractivity contribution in [3.8, 4) is 0 Å². The first-order valence-electron chi connectivity index (χ1n) is 13.7. The predicted molar refractivity (Wildman–Crippen MR) is 152 cm³/mol. The molecule has 2 rings (SSSR count). The Morgan fingerprint density at radius 3 is 2.03 bits per heavy atom. The van der Waals surface area contributed by atoms with E-state index in [1.54, 1.807) is 25.7 Å². The van der Waals surface area contributed by atoms with Gasteiger partial charge < -0.3 is 20.3 Å². The summed E-state index contributed by atoms with van der Waals surface area (Å²) in [6.07, 6.45) is 3.40. The Balaban J connectivity index is 2.49. The molecule has 0 aliphatic rings. The van der Waals surface area contributed by atoms with Gasteiger partial charge in [-0.25, -0.2) is 4.79 Å². The number of rotatable bonds is 13. The number of nitrogens with one attached hydrogen (secondary N) is 2. The van der Waals surface area contributed by atoms with Crippen LogP contribution in [-0.4, -0.2) is 47.0 Å². The van der Waals surface area contributed by atoms with Gasteiger partial charge in [0.2, 0.25) is 11.8 Å². The molecule has 0 heterocycles. The van der Waals surface area contributed by atoms with Crippen LogP contribution in [0.5, 0.6) is 0 Å². The van der Waals surface area contributed by atoms with E-state index in [9.17, 15) is 14.4 Å². The molecule has 7 heteroatoms. The number of benzene rings is 2. The van der Waals surface area contributed by atoms with E-state index in [2.05, 4.69) is 17.6 Å². The van der Waals surface area contributed by atoms with Crippen molar-refractivity contribution in [2.45, 2.75) is 97.4 Å². The van der Waals surface area contributed by atoms with E-state index < -0.39 is 23.8 Å². The van der Waals surface area contributed by atoms with E-state index in [-0.39, 0.29) is 24.3 Å². The minimum absolute atomic E-state index is 0.0919. The van der Waals surface area contributed by atoms with Gasteiger partial charge in [0.05, 0.1) is 0 Å². The highest BCUT2D eigenvalue weighted by molar-refractivity contribution is 5.92. The van der Waals surface area contributed by atoms with Crippen molar-refractivity contribution in [1.82, 2.24) is 15.5 Å². The van der Waals surface area contributed by atoms with Gasteiger partial charge in [0, 0.05) is 19.0 Å². The van der Waals surface area contributed by atoms with Gasteiger partial charge in [-0.2, -0.15) is 0 Å². The highest BCUT2D eigenvalue weighted by atomic mass is 16.6. The van der Waals surface area contributed by atoms with Crippen LogP contribution in [0.1, 0.15) is 84.4 Å². The lowest BCUT2D eigenvalue weighted by Crippen LogP contribution is -2.54. The van der Waals surface area contributed by atoms with Crippen molar-refractivity contribution in [2.75, 3.05) is 6.54 Å². The normalized spacial score (nSPS) is 12.9. The van der Waals surface area contributed by atoms with Crippen LogP contribution >= 0.6 is 0 Å². The minimum atomic E-state index is -0.906. The van der Waals surface area contributed by atoms with Gasteiger partial charge in [-0.15, -0.1) is 0 Å². The molecular weight excluding hydrogens is 478 g/mol. The Kier molecular flexibility index (Phi) is 12.3. The number of amides is 3. The van der Waals surface area contributed by atoms with Crippen molar-refractivity contribution >= 4 is 17.9 Å². The maximum absolute atomic E-state index is 14.3. The molecule has 7 nitrogen and oxygen atoms in total. The van der Waals surface area contributed by atoms with Crippen LogP contribution in [0.25, 0.3) is 0 Å². The molecule has 2 aromatic rings. The molecule has 208 valence electrons. The first-order chi connectivity index (χ1) is 18.0. The van der Waals surface area contributed by atoms with Crippen molar-refractivity contribution in [3.05, 3.63) is 71.8 Å². The highest BCUT2D eigenvalue weighted by Gasteiger charge is 2.36. The number of hydrogen-bond acceptors (Lipinski definition) is 4. The summed E-state index contributed by atoms with van der Waals surface area (Å²) >= 11 is 0. The summed E-state index contributed by atoms with van der Waals surface area (Å²) in [6.45, 7) is 11.7. The number of carbonyl (C=O) groups is 3. The van der Waals surface area contributed by atoms with E-state index in [1.165, 1.54) is 0 Å². The van der Waals surface area contributed by atoms with Crippen LogP contribution in [0, 0.1) is 0 Å². The minimum Gasteiger partial charge on any atom is -0.444 e. The Hall–Kier alpha value is -3.35. The van der Waals surface area contributed by atoms with Gasteiger partial charge >= 0.3 is 6.09 Å². The van der Waals surface area contributed by atoms with Crippen LogP contribution in [-0.2, 0) is 20.7 Å². The first-order valence-corrected chi connectivity index (χ1v) is 13.7. The molecule has 0 saturated heterocycles. The van der Waals surface area contributed by atoms with E-state index in [1.807, 2.05) is 74.5 Å². The quantitative estimate of drug-likeness (QED) is 0.325. The second-order valence-electron chi connectivity index (χ2n) is 11.0. The van der Waals surface area contributed by atoms with Gasteiger partial charge in [-0.3, -0.25) is 9.59 Å². The number of carbonyl (C=O) groups excluding carboxylic acids is 3. The van der Waals surface area contributed by atoms with Crippen LogP contribution in [0.2, 0.25) is 0 Å². The Bertz CT molecular complexity index is 1000. The van der Waals surface area contributed by atoms with E-state index >= 15 is 0 Å². The third kappa shape index (κ3) is 10.6. The summed E-state index contributed by atoms with van der Waals surface area (Å²) in [6, 6.07) is 17.1. The molecule has 0 bridgehead atoms. The fraction of sp³-hybridized carbons (Fsp3) is 0.516. The third-order valence-electron chi connectivity index (χ3n) is 5.91. The smallest absolute Gasteiger partial charge is 0.408 e. The van der Waals surface area contributed by atoms with E-state index in [0.29, 0.717) is 6.54 Å². The Morgan fingerprint density at radius 2 is 1.47 bits per heavy atom. The largest absolute Gasteiger partial charge is 0.444 e. The SMILES string of the molecule is CCCCCCN(C(=O)C(Cc1ccccc1)NC(=O)OC(C)(C)C)C(C(=O)NC(C)C)c1ccccc1. The summed E-state index contributed by atoms with van der Waals surface area (Å²) in [5.74, 6) is -0.560. The summed E-state index contributed by atoms with van der Waals surface area (Å²) < 4.78 is 5.49. The molecule has 2 atom stereocenters. The van der Waals surface area contributed by atoms with Crippen molar-refractivity contribution in [3.63, 3.8) is 0 Å². The van der Waals surface area contributed by atoms with Gasteiger partial charge in [0.25, 0.3) is 0 Å². The summed E-state index contributed by atoms with van der Waals surface area (Å²) in [5.41, 5.74) is 0.912. The fourth-order valence-electron chi connectivity index (χ4n) is 4.25. The zero-order valence-corrected chi connectivity index (χ0v) is 23.8. The second-order valence-corrected chi connectivity index (χ2v) is 11.0. The number of hydrogen-bond donors (Lipinski definition) is 2. The molecule has 2 N–H and O–H groups in total. The monoisotopic (exact) mass is 523 g/mol. The summed E-state index contributed by atoms with van der Waals surface area (Å²) in [7, 11) is 0. The van der Waals surface area contributed by atoms with Gasteiger partial charge in [-0.05, 0) is 52.2 Å². The average Bonchev–Trinajstić information content (AvgIpc) is 2.84. The number of alkyl carbamates (subject to hydrolysis) is 1. The molecule has 2 aromatic carbocycles. The Labute approximate surface area is 228 Å². The Morgan fingerprint density at radius 1 is 0.868 bits per heavy atom. The fourth-order valence-corrected chi connectivity index (χ4v) is 4.25. The molecular formula is C31H45N3O4. The standard InChI is InChI=1S/C31H45N3O4/c1-7-8-9-16-21-34(27(28(35)32-23(2)3)25-19-14-11-15-20-25)29(36)26(22-24-17-12-10-13-18-24)33-30(37)38-31(4,5)6/h10-15,17-20,23,26-27H,7-9,16,21-22H2,1-6H3,(H,32,35)(H,33,37). The van der Waals surface area contributed by atoms with Gasteiger partial charge in [0.1, 0.15) is 17.7 Å². The lowest BCUT2D eigenvalue weighted by molar-refractivity contribution is -0.142. The molecule has 0 saturated carbocycles. The molecule has 0 spiro atoms. The molecule has 0 aliphatic carbocycles. The zero-order valence-electron chi connectivity index (χ0n) is 23.8. The summed E-state index contributed by atoms with van der Waals surface area (Å²) in [5, 5.41) is 5.80. The maximum Gasteiger partial charge on any atom is 0.408 e. The van der Waals surface area contributed by atoms with Crippen LogP contribution in [0.4, 0.5) is 4.79 Å². The lowest BCUT2D eigenvalue weighted by Gasteiger charge is -2.35. The topological polar surface area (TPSA) is 87.7 Å². The second kappa shape index (κ2) is 15.2. The van der Waals surface area contributed by atoms with Crippen LogP contribution in [0.15, 0.2) is 60.7 Å². The number of unbranched alkanes of at least 4 members (excludes halogenated alkanes) is 3. The first kappa shape index (κ1) is 30.9. The molecule has 2 unspecified atom stereocenters. The molecule has 0 aliphatic heterocycles. The van der Waals surface area contributed by atoms with E-state index in [0.717, 1.165) is 36.8 Å². The summed E-state index contributed by atoms with van der Waals surface area (Å²) in [4.78, 5) is 42.3. The number of nitrogens with zero attached hydrogens (tertiary/aromatic N) is 1. The molecule has 3 amide bonds. The molecule has 0 fully saturated rings. The average molecular weight is 524 g/mol. The van der Waals surface area contributed by atoms with Crippen molar-refractivity contribution in [1.29, 1.82) is 0 Å². The third-order valence-corrected chi connectivity index (χ3v) is 5.91. The maximum atomic E-state index is 14.3. The van der Waals surface area contributed by atoms with Gasteiger partial charge in [-0.1, -0.05) is 86.8 Å². The molecule has 0 aromatic heterocycles. The predicted octanol–water partition coefficient (Wildman–Crippen LogP) is 5.80. The molecule has 38 heavy (non-hydrogen) atoms. The van der Waals surface area contributed by atoms with Crippen LogP contribution < -0.4 is 10.6 Å².